The molecule has 1 aromatic heterocycles. The Labute approximate surface area is 159 Å². The van der Waals surface area contributed by atoms with Crippen molar-refractivity contribution in [2.24, 2.45) is 0 Å². The molecule has 1 aliphatic rings. The lowest BCUT2D eigenvalue weighted by Gasteiger charge is -2.36. The van der Waals surface area contributed by atoms with E-state index in [2.05, 4.69) is 20.2 Å². The van der Waals surface area contributed by atoms with Crippen molar-refractivity contribution in [2.75, 3.05) is 31.1 Å². The van der Waals surface area contributed by atoms with Crippen LogP contribution in [-0.2, 0) is 4.79 Å². The standard InChI is InChI=1S/C19H24ClN5O/c1-14(16-5-3-6-17(20)13-16)23-15(2)18(26)24-9-11-25(12-10-24)19-21-7-4-8-22-19/h3-8,13-15,23H,9-12H2,1-2H3. The number of piperazine rings is 1. The number of carbonyl (C=O) groups excluding carboxylic acids is 1. The van der Waals surface area contributed by atoms with Gasteiger partial charge in [0.05, 0.1) is 6.04 Å². The van der Waals surface area contributed by atoms with Crippen molar-refractivity contribution in [1.29, 1.82) is 0 Å². The van der Waals surface area contributed by atoms with Gasteiger partial charge < -0.3 is 9.80 Å². The normalized spacial score (nSPS) is 17.0. The maximum atomic E-state index is 12.8. The molecule has 0 radical (unpaired) electrons. The maximum Gasteiger partial charge on any atom is 0.239 e. The Hall–Kier alpha value is -2.18. The number of benzene rings is 1. The third-order valence-corrected chi connectivity index (χ3v) is 4.88. The number of nitrogens with zero attached hydrogens (tertiary/aromatic N) is 4. The van der Waals surface area contributed by atoms with Crippen LogP contribution in [0.15, 0.2) is 42.7 Å². The zero-order valence-corrected chi connectivity index (χ0v) is 15.9. The van der Waals surface area contributed by atoms with Crippen molar-refractivity contribution < 1.29 is 4.79 Å². The molecule has 2 aromatic rings. The quantitative estimate of drug-likeness (QED) is 0.872. The van der Waals surface area contributed by atoms with Crippen LogP contribution in [0.1, 0.15) is 25.5 Å². The second kappa shape index (κ2) is 8.47. The summed E-state index contributed by atoms with van der Waals surface area (Å²) in [5.74, 6) is 0.841. The molecule has 0 saturated carbocycles. The summed E-state index contributed by atoms with van der Waals surface area (Å²) in [5, 5.41) is 4.08. The molecule has 1 aromatic carbocycles. The zero-order valence-electron chi connectivity index (χ0n) is 15.1. The molecular formula is C19H24ClN5O. The SMILES string of the molecule is CC(NC(C)c1cccc(Cl)c1)C(=O)N1CCN(c2ncccn2)CC1. The fourth-order valence-electron chi connectivity index (χ4n) is 3.17. The van der Waals surface area contributed by atoms with E-state index in [9.17, 15) is 4.79 Å². The number of hydrogen-bond acceptors (Lipinski definition) is 5. The highest BCUT2D eigenvalue weighted by molar-refractivity contribution is 6.30. The van der Waals surface area contributed by atoms with Gasteiger partial charge in [0.25, 0.3) is 0 Å². The molecule has 2 unspecified atom stereocenters. The summed E-state index contributed by atoms with van der Waals surface area (Å²) < 4.78 is 0. The van der Waals surface area contributed by atoms with Gasteiger partial charge in [-0.3, -0.25) is 10.1 Å². The van der Waals surface area contributed by atoms with Gasteiger partial charge in [-0.05, 0) is 37.6 Å². The number of nitrogens with one attached hydrogen (secondary N) is 1. The van der Waals surface area contributed by atoms with E-state index in [0.717, 1.165) is 24.6 Å². The van der Waals surface area contributed by atoms with Crippen LogP contribution in [0.5, 0.6) is 0 Å². The highest BCUT2D eigenvalue weighted by Gasteiger charge is 2.26. The number of rotatable bonds is 5. The number of halogens is 1. The fraction of sp³-hybridized carbons (Fsp3) is 0.421. The van der Waals surface area contributed by atoms with E-state index in [1.807, 2.05) is 43.0 Å². The molecule has 0 bridgehead atoms. The van der Waals surface area contributed by atoms with E-state index in [1.54, 1.807) is 18.5 Å². The van der Waals surface area contributed by atoms with E-state index in [0.29, 0.717) is 18.1 Å². The average Bonchev–Trinajstić information content (AvgIpc) is 2.68. The molecule has 0 aliphatic carbocycles. The van der Waals surface area contributed by atoms with Gasteiger partial charge in [0.15, 0.2) is 0 Å². The fourth-order valence-corrected chi connectivity index (χ4v) is 3.37. The summed E-state index contributed by atoms with van der Waals surface area (Å²) in [4.78, 5) is 25.3. The number of aromatic nitrogens is 2. The Kier molecular flexibility index (Phi) is 6.06. The van der Waals surface area contributed by atoms with Crippen LogP contribution in [0.2, 0.25) is 5.02 Å². The predicted molar refractivity (Wildman–Crippen MR) is 103 cm³/mol. The van der Waals surface area contributed by atoms with E-state index in [1.165, 1.54) is 0 Å². The van der Waals surface area contributed by atoms with Crippen LogP contribution in [0, 0.1) is 0 Å². The number of anilines is 1. The molecule has 7 heteroatoms. The van der Waals surface area contributed by atoms with E-state index >= 15 is 0 Å². The minimum absolute atomic E-state index is 0.0478. The Bertz CT molecular complexity index is 734. The van der Waals surface area contributed by atoms with Crippen molar-refractivity contribution in [1.82, 2.24) is 20.2 Å². The van der Waals surface area contributed by atoms with Crippen LogP contribution in [-0.4, -0.2) is 53.0 Å². The molecule has 138 valence electrons. The molecule has 1 fully saturated rings. The summed E-state index contributed by atoms with van der Waals surface area (Å²) >= 11 is 6.06. The van der Waals surface area contributed by atoms with Gasteiger partial charge in [0.2, 0.25) is 11.9 Å². The highest BCUT2D eigenvalue weighted by Crippen LogP contribution is 2.18. The molecule has 1 aliphatic heterocycles. The Morgan fingerprint density at radius 1 is 1.12 bits per heavy atom. The molecule has 2 heterocycles. The van der Waals surface area contributed by atoms with E-state index in [-0.39, 0.29) is 18.0 Å². The first kappa shape index (κ1) is 18.6. The number of amides is 1. The largest absolute Gasteiger partial charge is 0.338 e. The smallest absolute Gasteiger partial charge is 0.239 e. The summed E-state index contributed by atoms with van der Waals surface area (Å²) in [6.07, 6.45) is 3.48. The summed E-state index contributed by atoms with van der Waals surface area (Å²) in [5.41, 5.74) is 1.07. The number of hydrogen-bond donors (Lipinski definition) is 1. The second-order valence-corrected chi connectivity index (χ2v) is 6.96. The van der Waals surface area contributed by atoms with Crippen molar-refractivity contribution >= 4 is 23.5 Å². The first-order valence-electron chi connectivity index (χ1n) is 8.87. The Morgan fingerprint density at radius 3 is 2.46 bits per heavy atom. The van der Waals surface area contributed by atoms with E-state index in [4.69, 9.17) is 11.6 Å². The second-order valence-electron chi connectivity index (χ2n) is 6.53. The van der Waals surface area contributed by atoms with E-state index < -0.39 is 0 Å². The van der Waals surface area contributed by atoms with Gasteiger partial charge in [-0.25, -0.2) is 9.97 Å². The monoisotopic (exact) mass is 373 g/mol. The Balaban J connectivity index is 1.53. The third-order valence-electron chi connectivity index (χ3n) is 4.65. The van der Waals surface area contributed by atoms with Gasteiger partial charge in [-0.1, -0.05) is 23.7 Å². The summed E-state index contributed by atoms with van der Waals surface area (Å²) in [6, 6.07) is 9.30. The van der Waals surface area contributed by atoms with Crippen molar-refractivity contribution in [3.05, 3.63) is 53.3 Å². The molecule has 26 heavy (non-hydrogen) atoms. The molecular weight excluding hydrogens is 350 g/mol. The van der Waals surface area contributed by atoms with Gasteiger partial charge in [0.1, 0.15) is 0 Å². The van der Waals surface area contributed by atoms with Crippen molar-refractivity contribution in [2.45, 2.75) is 25.9 Å². The minimum Gasteiger partial charge on any atom is -0.338 e. The lowest BCUT2D eigenvalue weighted by atomic mass is 10.1. The molecule has 1 amide bonds. The topological polar surface area (TPSA) is 61.4 Å². The maximum absolute atomic E-state index is 12.8. The predicted octanol–water partition coefficient (Wildman–Crippen LogP) is 2.52. The zero-order chi connectivity index (χ0) is 18.5. The molecule has 6 nitrogen and oxygen atoms in total. The van der Waals surface area contributed by atoms with Crippen LogP contribution in [0.25, 0.3) is 0 Å². The lowest BCUT2D eigenvalue weighted by Crippen LogP contribution is -2.54. The molecule has 0 spiro atoms. The van der Waals surface area contributed by atoms with Gasteiger partial charge in [-0.2, -0.15) is 0 Å². The van der Waals surface area contributed by atoms with Crippen molar-refractivity contribution in [3.8, 4) is 0 Å². The minimum atomic E-state index is -0.261. The molecule has 2 atom stereocenters. The summed E-state index contributed by atoms with van der Waals surface area (Å²) in [6.45, 7) is 6.79. The first-order chi connectivity index (χ1) is 12.5. The van der Waals surface area contributed by atoms with Gasteiger partial charge in [0, 0.05) is 49.6 Å². The molecule has 1 saturated heterocycles. The van der Waals surface area contributed by atoms with Gasteiger partial charge in [-0.15, -0.1) is 0 Å². The summed E-state index contributed by atoms with van der Waals surface area (Å²) in [7, 11) is 0. The van der Waals surface area contributed by atoms with Crippen LogP contribution in [0.3, 0.4) is 0 Å². The lowest BCUT2D eigenvalue weighted by molar-refractivity contribution is -0.133. The van der Waals surface area contributed by atoms with Crippen LogP contribution in [0.4, 0.5) is 5.95 Å². The van der Waals surface area contributed by atoms with Gasteiger partial charge >= 0.3 is 0 Å². The highest BCUT2D eigenvalue weighted by atomic mass is 35.5. The van der Waals surface area contributed by atoms with Crippen molar-refractivity contribution in [3.63, 3.8) is 0 Å². The van der Waals surface area contributed by atoms with Crippen LogP contribution >= 0.6 is 11.6 Å². The molecule has 3 rings (SSSR count). The molecule has 1 N–H and O–H groups in total. The number of carbonyl (C=O) groups is 1. The Morgan fingerprint density at radius 2 is 1.81 bits per heavy atom. The third kappa shape index (κ3) is 4.51. The van der Waals surface area contributed by atoms with Crippen LogP contribution < -0.4 is 10.2 Å². The average molecular weight is 374 g/mol. The first-order valence-corrected chi connectivity index (χ1v) is 9.24.